The van der Waals surface area contributed by atoms with Gasteiger partial charge in [0.2, 0.25) is 0 Å². The number of benzene rings is 8. The van der Waals surface area contributed by atoms with Gasteiger partial charge in [0.1, 0.15) is 0 Å². The van der Waals surface area contributed by atoms with Crippen LogP contribution in [0, 0.1) is 0 Å². The predicted molar refractivity (Wildman–Crippen MR) is 653 cm³/mol. The van der Waals surface area contributed by atoms with E-state index in [4.69, 9.17) is 0 Å². The van der Waals surface area contributed by atoms with Crippen LogP contribution in [0.3, 0.4) is 0 Å². The Bertz CT molecular complexity index is 7310. The van der Waals surface area contributed by atoms with Crippen LogP contribution in [0.15, 0.2) is 194 Å². The first kappa shape index (κ1) is 103. The van der Waals surface area contributed by atoms with Gasteiger partial charge in [0.05, 0.1) is 10.8 Å². The van der Waals surface area contributed by atoms with E-state index in [1.807, 2.05) is 45.3 Å². The van der Waals surface area contributed by atoms with Crippen molar-refractivity contribution in [2.45, 2.75) is 359 Å². The molecule has 8 aliphatic rings. The fraction of sp³-hybridized carbons (Fsp3) is 0.407. The summed E-state index contributed by atoms with van der Waals surface area (Å²) in [7, 11) is -4.74. The highest BCUT2D eigenvalue weighted by molar-refractivity contribution is 7.39. The van der Waals surface area contributed by atoms with Gasteiger partial charge in [-0.05, 0) is 316 Å². The fourth-order valence-electron chi connectivity index (χ4n) is 24.7. The molecule has 4 aliphatic carbocycles. The molecule has 4 aliphatic heterocycles. The first-order valence-corrected chi connectivity index (χ1v) is 64.9. The second-order valence-electron chi connectivity index (χ2n) is 52.3. The van der Waals surface area contributed by atoms with Crippen LogP contribution in [0.1, 0.15) is 449 Å². The molecule has 0 bridgehead atoms. The largest absolute Gasteiger partial charge is 0.185 e. The molecule has 10 heteroatoms. The Morgan fingerprint density at radius 3 is 0.690 bits per heavy atom. The summed E-state index contributed by atoms with van der Waals surface area (Å²) in [5, 5.41) is 13.2. The first-order chi connectivity index (χ1) is 68.1. The van der Waals surface area contributed by atoms with Gasteiger partial charge in [0.25, 0.3) is 0 Å². The molecule has 24 rings (SSSR count). The molecular formula is C135H154S8Si2. The van der Waals surface area contributed by atoms with Gasteiger partial charge in [-0.25, -0.2) is 0 Å². The molecule has 12 heterocycles. The highest BCUT2D eigenvalue weighted by Crippen LogP contribution is 2.71. The van der Waals surface area contributed by atoms with E-state index >= 15 is 0 Å². The number of rotatable bonds is 11. The van der Waals surface area contributed by atoms with Crippen molar-refractivity contribution in [2.75, 3.05) is 0 Å². The van der Waals surface area contributed by atoms with Crippen molar-refractivity contribution in [3.63, 3.8) is 0 Å². The normalized spacial score (nSPS) is 15.3. The zero-order valence-electron chi connectivity index (χ0n) is 93.6. The van der Waals surface area contributed by atoms with E-state index < -0.39 is 16.1 Å². The lowest BCUT2D eigenvalue weighted by atomic mass is 9.68. The maximum Gasteiger partial charge on any atom is 0.185 e. The van der Waals surface area contributed by atoms with Gasteiger partial charge in [0, 0.05) is 78.0 Å². The minimum absolute atomic E-state index is 0.0813. The Labute approximate surface area is 904 Å². The summed E-state index contributed by atoms with van der Waals surface area (Å²) in [6.45, 7) is 86.9. The maximum absolute atomic E-state index is 2.65. The summed E-state index contributed by atoms with van der Waals surface area (Å²) in [6, 6.07) is 79.8. The van der Waals surface area contributed by atoms with Crippen molar-refractivity contribution in [3.05, 3.63) is 322 Å². The Kier molecular flexibility index (Phi) is 25.3. The summed E-state index contributed by atoms with van der Waals surface area (Å²) in [5.74, 6) is 5.80. The van der Waals surface area contributed by atoms with Crippen LogP contribution in [0.4, 0.5) is 0 Å². The van der Waals surface area contributed by atoms with E-state index in [1.54, 1.807) is 103 Å². The highest BCUT2D eigenvalue weighted by Gasteiger charge is 2.62. The lowest BCUT2D eigenvalue weighted by Crippen LogP contribution is -2.71. The van der Waals surface area contributed by atoms with E-state index in [9.17, 15) is 0 Å². The molecule has 0 unspecified atom stereocenters. The summed E-state index contributed by atoms with van der Waals surface area (Å²) in [5.41, 5.74) is 35.2. The van der Waals surface area contributed by atoms with Crippen molar-refractivity contribution in [1.29, 1.82) is 0 Å². The Balaban J connectivity index is 0.000000114. The summed E-state index contributed by atoms with van der Waals surface area (Å²) < 4.78 is 0. The fourth-order valence-corrected chi connectivity index (χ4v) is 48.7. The third-order valence-corrected chi connectivity index (χ3v) is 56.4. The summed E-state index contributed by atoms with van der Waals surface area (Å²) >= 11 is 16.5. The van der Waals surface area contributed by atoms with Crippen LogP contribution in [-0.2, 0) is 37.9 Å². The monoisotopic (exact) mass is 2090 g/mol. The maximum atomic E-state index is 2.65. The molecule has 0 saturated carbocycles. The standard InChI is InChI=1S/C38H42.C37H42Si.C31H36S4.C29H34S4Si/c2*1-22(2)25-10-14-29-30-15-11-26(23(3)4)19-34(30)38(33(29)18-25)35-20-27(24(5)6)12-16-31(35)32-17-13-28(21-36(32)38)37(7,8)9;1-15(2)21-11-17-25(32-21)27-19(13-23(34-27)29(5,6)7)31(17)18-12-22(16(3)4)33-26(18)28-20(31)14-24(35-28)30(8,9)10;1-14(2)17-10-20-25(30-17)26-21(11-18(31-26)15(3)4)34(20)22-12-19(16(5)6)32-27(22)28-23(34)13-24(33-28)29(7,8)9/h2*10-24H,1-9H3;11-16H,1-10H3;10-16H,1-9H3. The molecule has 0 radical (unpaired) electrons. The molecule has 0 atom stereocenters. The van der Waals surface area contributed by atoms with Crippen LogP contribution in [-0.4, -0.2) is 16.1 Å². The summed E-state index contributed by atoms with van der Waals surface area (Å²) in [6.07, 6.45) is 0. The Morgan fingerprint density at radius 1 is 0.172 bits per heavy atom. The third kappa shape index (κ3) is 15.7. The zero-order valence-corrected chi connectivity index (χ0v) is 102. The third-order valence-electron chi connectivity index (χ3n) is 33.5. The molecule has 8 aromatic heterocycles. The van der Waals surface area contributed by atoms with Crippen molar-refractivity contribution >= 4 is 148 Å². The number of fused-ring (bicyclic) bond motifs is 40. The molecule has 145 heavy (non-hydrogen) atoms. The predicted octanol–water partition coefficient (Wildman–Crippen LogP) is 37.4. The number of hydrogen-bond acceptors (Lipinski definition) is 8. The van der Waals surface area contributed by atoms with E-state index in [1.165, 1.54) is 150 Å². The molecule has 0 nitrogen and oxygen atoms in total. The second-order valence-corrected chi connectivity index (χ2v) is 68.2. The van der Waals surface area contributed by atoms with Gasteiger partial charge >= 0.3 is 0 Å². The molecule has 0 N–H and O–H groups in total. The van der Waals surface area contributed by atoms with Crippen LogP contribution < -0.4 is 41.5 Å². The lowest BCUT2D eigenvalue weighted by Gasteiger charge is -2.33. The molecule has 0 saturated heterocycles. The molecule has 16 aromatic rings. The Hall–Kier alpha value is -8.21. The molecule has 8 aromatic carbocycles. The average Bonchev–Trinajstić information content (AvgIpc) is 1.49. The topological polar surface area (TPSA) is 0 Å². The number of thiophene rings is 8. The van der Waals surface area contributed by atoms with Gasteiger partial charge in [0.15, 0.2) is 16.1 Å². The minimum atomic E-state index is -2.49. The van der Waals surface area contributed by atoms with Crippen molar-refractivity contribution in [1.82, 2.24) is 0 Å². The van der Waals surface area contributed by atoms with Crippen LogP contribution in [0.25, 0.3) is 83.5 Å². The zero-order chi connectivity index (χ0) is 104. The van der Waals surface area contributed by atoms with Crippen molar-refractivity contribution in [3.8, 4) is 83.5 Å². The molecule has 750 valence electrons. The smallest absolute Gasteiger partial charge is 0.139 e. The van der Waals surface area contributed by atoms with Gasteiger partial charge in [-0.3, -0.25) is 0 Å². The quantitative estimate of drug-likeness (QED) is 0.113. The van der Waals surface area contributed by atoms with Crippen LogP contribution in [0.2, 0.25) is 0 Å². The lowest BCUT2D eigenvalue weighted by molar-refractivity contribution is 0.588. The van der Waals surface area contributed by atoms with Gasteiger partial charge in [-0.15, -0.1) is 90.7 Å². The van der Waals surface area contributed by atoms with Crippen LogP contribution >= 0.6 is 90.7 Å². The van der Waals surface area contributed by atoms with Crippen molar-refractivity contribution in [2.24, 2.45) is 0 Å². The average molecular weight is 2090 g/mol. The van der Waals surface area contributed by atoms with E-state index in [-0.39, 0.29) is 37.9 Å². The van der Waals surface area contributed by atoms with Crippen LogP contribution in [0.5, 0.6) is 0 Å². The molecule has 0 fully saturated rings. The van der Waals surface area contributed by atoms with Gasteiger partial charge < -0.3 is 0 Å². The van der Waals surface area contributed by atoms with Crippen molar-refractivity contribution < 1.29 is 0 Å². The van der Waals surface area contributed by atoms with E-state index in [0.717, 1.165) is 0 Å². The van der Waals surface area contributed by atoms with E-state index in [0.29, 0.717) is 65.1 Å². The highest BCUT2D eigenvalue weighted by atomic mass is 32.1. The SMILES string of the molecule is CC(C)c1cc2c(s1)-c1sc(C(C)(C)C)cc1C21c2cc(C(C)C)sc2-c2sc(C(C)(C)C)cc21.CC(C)c1cc2c(s1)-c1sc(C(C)C)cc1[Si]21c2cc(C(C)C)sc2-c2sc(C(C)(C)C)cc21.CC(C)c1ccc2c(c1)C1(c3cc(C(C)C)ccc3-2)c2cc(C(C)C)ccc2-c2ccc(C(C)(C)C)cc21.CC(C)c1ccc2c(c1)[Si]1(c3cc(C(C)C)ccc3-2)c2cc(C(C)C)ccc2-c2ccc(C(C)(C)C)cc21. The molecular weight excluding hydrogens is 1930 g/mol. The summed E-state index contributed by atoms with van der Waals surface area (Å²) in [4.78, 5) is 24.8. The van der Waals surface area contributed by atoms with E-state index in [2.05, 4.69) is 496 Å². The Morgan fingerprint density at radius 2 is 0.386 bits per heavy atom. The van der Waals surface area contributed by atoms with Gasteiger partial charge in [-0.1, -0.05) is 402 Å². The second kappa shape index (κ2) is 35.7. The molecule has 0 amide bonds. The molecule has 4 spiro atoms. The minimum Gasteiger partial charge on any atom is -0.139 e. The van der Waals surface area contributed by atoms with Gasteiger partial charge in [-0.2, -0.15) is 0 Å². The number of hydrogen-bond donors (Lipinski definition) is 0. The first-order valence-electron chi connectivity index (χ1n) is 54.4.